The van der Waals surface area contributed by atoms with Gasteiger partial charge in [-0.25, -0.2) is 0 Å². The second kappa shape index (κ2) is 7.11. The Hall–Kier alpha value is -2.74. The Morgan fingerprint density at radius 1 is 0.778 bits per heavy atom. The number of benzene rings is 3. The summed E-state index contributed by atoms with van der Waals surface area (Å²) in [7, 11) is 0. The molecule has 3 rings (SSSR count). The third-order valence-electron chi connectivity index (χ3n) is 6.06. The summed E-state index contributed by atoms with van der Waals surface area (Å²) in [5, 5.41) is 10.8. The zero-order valence-corrected chi connectivity index (χ0v) is 16.7. The van der Waals surface area contributed by atoms with E-state index in [1.807, 2.05) is 30.3 Å². The third-order valence-corrected chi connectivity index (χ3v) is 6.06. The van der Waals surface area contributed by atoms with Crippen molar-refractivity contribution in [2.24, 2.45) is 0 Å². The normalized spacial score (nSPS) is 13.9. The Morgan fingerprint density at radius 3 is 1.81 bits per heavy atom. The van der Waals surface area contributed by atoms with Gasteiger partial charge in [-0.05, 0) is 29.2 Å². The molecule has 27 heavy (non-hydrogen) atoms. The van der Waals surface area contributed by atoms with Crippen molar-refractivity contribution in [1.29, 1.82) is 0 Å². The summed E-state index contributed by atoms with van der Waals surface area (Å²) < 4.78 is 0. The first-order valence-corrected chi connectivity index (χ1v) is 9.55. The fraction of sp³-hybridized carbons (Fsp3) is 0.280. The van der Waals surface area contributed by atoms with Crippen molar-refractivity contribution in [2.45, 2.75) is 44.9 Å². The lowest BCUT2D eigenvalue weighted by molar-refractivity contribution is 0.453. The summed E-state index contributed by atoms with van der Waals surface area (Å²) in [6.07, 6.45) is 0.937. The van der Waals surface area contributed by atoms with Gasteiger partial charge < -0.3 is 10.8 Å². The van der Waals surface area contributed by atoms with E-state index < -0.39 is 0 Å². The van der Waals surface area contributed by atoms with Crippen LogP contribution in [0.4, 0.5) is 5.69 Å². The lowest BCUT2D eigenvalue weighted by atomic mass is 9.70. The van der Waals surface area contributed by atoms with Crippen LogP contribution in [-0.4, -0.2) is 5.11 Å². The van der Waals surface area contributed by atoms with Gasteiger partial charge in [0.15, 0.2) is 0 Å². The molecule has 0 aliphatic rings. The van der Waals surface area contributed by atoms with Crippen LogP contribution in [0.2, 0.25) is 0 Å². The second-order valence-electron chi connectivity index (χ2n) is 8.00. The maximum Gasteiger partial charge on any atom is 0.142 e. The topological polar surface area (TPSA) is 46.2 Å². The molecule has 3 N–H and O–H groups in total. The average molecular weight is 360 g/mol. The van der Waals surface area contributed by atoms with Crippen molar-refractivity contribution in [1.82, 2.24) is 0 Å². The van der Waals surface area contributed by atoms with E-state index in [-0.39, 0.29) is 16.6 Å². The van der Waals surface area contributed by atoms with Crippen LogP contribution in [0.25, 0.3) is 0 Å². The fourth-order valence-electron chi connectivity index (χ4n) is 3.84. The Kier molecular flexibility index (Phi) is 5.01. The van der Waals surface area contributed by atoms with Crippen LogP contribution in [0.5, 0.6) is 5.75 Å². The zero-order valence-electron chi connectivity index (χ0n) is 16.7. The molecule has 1 atom stereocenters. The van der Waals surface area contributed by atoms with Gasteiger partial charge in [-0.3, -0.25) is 0 Å². The highest BCUT2D eigenvalue weighted by atomic mass is 16.3. The van der Waals surface area contributed by atoms with Crippen molar-refractivity contribution < 1.29 is 5.11 Å². The lowest BCUT2D eigenvalue weighted by Gasteiger charge is -2.33. The van der Waals surface area contributed by atoms with E-state index >= 15 is 0 Å². The molecule has 0 bridgehead atoms. The predicted molar refractivity (Wildman–Crippen MR) is 114 cm³/mol. The Morgan fingerprint density at radius 2 is 1.30 bits per heavy atom. The largest absolute Gasteiger partial charge is 0.505 e. The summed E-state index contributed by atoms with van der Waals surface area (Å²) in [5.74, 6) is 0.180. The average Bonchev–Trinajstić information content (AvgIpc) is 2.70. The van der Waals surface area contributed by atoms with Gasteiger partial charge in [0.05, 0.1) is 5.69 Å². The quantitative estimate of drug-likeness (QED) is 0.432. The summed E-state index contributed by atoms with van der Waals surface area (Å²) >= 11 is 0. The highest BCUT2D eigenvalue weighted by molar-refractivity contribution is 5.63. The third kappa shape index (κ3) is 3.32. The SMILES string of the molecule is CCC(C)(c1ccccc1)c1cc(N)c(O)c(C(C)(C)c2ccccc2)c1. The molecule has 0 saturated carbocycles. The molecule has 0 amide bonds. The predicted octanol–water partition coefficient (Wildman–Crippen LogP) is 6.02. The van der Waals surface area contributed by atoms with Crippen LogP contribution in [0.3, 0.4) is 0 Å². The summed E-state index contributed by atoms with van der Waals surface area (Å²) in [5.41, 5.74) is 10.6. The van der Waals surface area contributed by atoms with Gasteiger partial charge in [-0.1, -0.05) is 94.4 Å². The first-order valence-electron chi connectivity index (χ1n) is 9.55. The van der Waals surface area contributed by atoms with Gasteiger partial charge in [0.2, 0.25) is 0 Å². The molecule has 2 heteroatoms. The number of hydrogen-bond donors (Lipinski definition) is 2. The highest BCUT2D eigenvalue weighted by Crippen LogP contribution is 2.44. The first kappa shape index (κ1) is 19.0. The number of nitrogen functional groups attached to an aromatic ring is 1. The molecule has 0 aromatic heterocycles. The lowest BCUT2D eigenvalue weighted by Crippen LogP contribution is -2.25. The van der Waals surface area contributed by atoms with Gasteiger partial charge in [-0.15, -0.1) is 0 Å². The highest BCUT2D eigenvalue weighted by Gasteiger charge is 2.32. The maximum absolute atomic E-state index is 10.8. The Bertz CT molecular complexity index is 916. The summed E-state index contributed by atoms with van der Waals surface area (Å²) in [6, 6.07) is 24.8. The fourth-order valence-corrected chi connectivity index (χ4v) is 3.84. The number of anilines is 1. The van der Waals surface area contributed by atoms with E-state index in [0.717, 1.165) is 23.1 Å². The van der Waals surface area contributed by atoms with E-state index in [4.69, 9.17) is 5.73 Å². The maximum atomic E-state index is 10.8. The molecule has 0 heterocycles. The molecule has 0 fully saturated rings. The van der Waals surface area contributed by atoms with Gasteiger partial charge in [0.25, 0.3) is 0 Å². The van der Waals surface area contributed by atoms with Crippen LogP contribution in [0.15, 0.2) is 72.8 Å². The molecule has 3 aromatic carbocycles. The van der Waals surface area contributed by atoms with Crippen molar-refractivity contribution in [2.75, 3.05) is 5.73 Å². The number of phenols is 1. The van der Waals surface area contributed by atoms with Gasteiger partial charge in [0, 0.05) is 16.4 Å². The van der Waals surface area contributed by atoms with E-state index in [1.165, 1.54) is 5.56 Å². The molecule has 0 aliphatic carbocycles. The van der Waals surface area contributed by atoms with E-state index in [0.29, 0.717) is 5.69 Å². The smallest absolute Gasteiger partial charge is 0.142 e. The van der Waals surface area contributed by atoms with E-state index in [2.05, 4.69) is 70.2 Å². The molecule has 1 unspecified atom stereocenters. The van der Waals surface area contributed by atoms with Crippen LogP contribution >= 0.6 is 0 Å². The summed E-state index contributed by atoms with van der Waals surface area (Å²) in [6.45, 7) is 8.70. The molecule has 140 valence electrons. The second-order valence-corrected chi connectivity index (χ2v) is 8.00. The number of phenolic OH excluding ortho intramolecular Hbond substituents is 1. The van der Waals surface area contributed by atoms with Crippen LogP contribution in [-0.2, 0) is 10.8 Å². The Balaban J connectivity index is 2.20. The Labute approximate surface area is 162 Å². The minimum absolute atomic E-state index is 0.176. The zero-order chi connectivity index (χ0) is 19.7. The van der Waals surface area contributed by atoms with E-state index in [1.54, 1.807) is 0 Å². The van der Waals surface area contributed by atoms with E-state index in [9.17, 15) is 5.11 Å². The van der Waals surface area contributed by atoms with Crippen molar-refractivity contribution in [3.63, 3.8) is 0 Å². The molecule has 0 spiro atoms. The van der Waals surface area contributed by atoms with Crippen LogP contribution < -0.4 is 5.73 Å². The van der Waals surface area contributed by atoms with Crippen molar-refractivity contribution in [3.8, 4) is 5.75 Å². The minimum atomic E-state index is -0.360. The number of nitrogens with two attached hydrogens (primary N) is 1. The van der Waals surface area contributed by atoms with Gasteiger partial charge >= 0.3 is 0 Å². The minimum Gasteiger partial charge on any atom is -0.505 e. The molecular weight excluding hydrogens is 330 g/mol. The number of aromatic hydroxyl groups is 1. The van der Waals surface area contributed by atoms with Crippen molar-refractivity contribution in [3.05, 3.63) is 95.1 Å². The van der Waals surface area contributed by atoms with Gasteiger partial charge in [0.1, 0.15) is 5.75 Å². The number of rotatable bonds is 5. The van der Waals surface area contributed by atoms with Crippen LogP contribution in [0.1, 0.15) is 56.4 Å². The molecule has 0 aliphatic heterocycles. The van der Waals surface area contributed by atoms with Crippen molar-refractivity contribution >= 4 is 5.69 Å². The molecule has 0 saturated heterocycles. The standard InChI is InChI=1S/C25H29NO/c1-5-25(4,19-14-10-7-11-15-19)20-16-21(23(27)22(26)17-20)24(2,3)18-12-8-6-9-13-18/h6-17,27H,5,26H2,1-4H3. The monoisotopic (exact) mass is 359 g/mol. The number of hydrogen-bond acceptors (Lipinski definition) is 2. The molecule has 2 nitrogen and oxygen atoms in total. The van der Waals surface area contributed by atoms with Crippen LogP contribution in [0, 0.1) is 0 Å². The molecular formula is C25H29NO. The molecule has 3 aromatic rings. The first-order chi connectivity index (χ1) is 12.8. The summed E-state index contributed by atoms with van der Waals surface area (Å²) in [4.78, 5) is 0. The molecule has 0 radical (unpaired) electrons. The van der Waals surface area contributed by atoms with Gasteiger partial charge in [-0.2, -0.15) is 0 Å².